The Hall–Kier alpha value is -2.02. The average molecular weight is 316 g/mol. The molecule has 1 heterocycles. The quantitative estimate of drug-likeness (QED) is 0.832. The van der Waals surface area contributed by atoms with Crippen molar-refractivity contribution in [1.82, 2.24) is 15.2 Å². The number of amides is 2. The normalized spacial score (nSPS) is 11.6. The monoisotopic (exact) mass is 315 g/mol. The van der Waals surface area contributed by atoms with Crippen molar-refractivity contribution in [2.75, 3.05) is 20.7 Å². The van der Waals surface area contributed by atoms with Crippen LogP contribution >= 0.6 is 11.6 Å². The Morgan fingerprint density at radius 3 is 2.76 bits per heavy atom. The Morgan fingerprint density at radius 2 is 2.24 bits per heavy atom. The Labute approximate surface area is 127 Å². The minimum atomic E-state index is -0.944. The molecule has 1 rings (SSSR count). The predicted octanol–water partition coefficient (Wildman–Crippen LogP) is 1.61. The molecule has 116 valence electrons. The smallest absolute Gasteiger partial charge is 0.317 e. The summed E-state index contributed by atoms with van der Waals surface area (Å²) in [5, 5.41) is 11.8. The molecule has 8 heteroatoms. The van der Waals surface area contributed by atoms with E-state index in [1.807, 2.05) is 0 Å². The van der Waals surface area contributed by atoms with Gasteiger partial charge in [-0.25, -0.2) is 9.78 Å². The van der Waals surface area contributed by atoms with Crippen molar-refractivity contribution in [1.29, 1.82) is 0 Å². The van der Waals surface area contributed by atoms with E-state index in [1.54, 1.807) is 19.2 Å². The fourth-order valence-electron chi connectivity index (χ4n) is 1.60. The molecule has 0 aliphatic rings. The molecule has 7 nitrogen and oxygen atoms in total. The number of nitrogens with zero attached hydrogens (tertiary/aromatic N) is 2. The molecule has 1 aromatic rings. The molecule has 0 bridgehead atoms. The molecule has 0 spiro atoms. The molecule has 0 saturated heterocycles. The van der Waals surface area contributed by atoms with Crippen LogP contribution in [0.1, 0.15) is 12.5 Å². The van der Waals surface area contributed by atoms with Gasteiger partial charge in [-0.3, -0.25) is 4.79 Å². The van der Waals surface area contributed by atoms with Gasteiger partial charge in [0.25, 0.3) is 0 Å². The molecule has 0 aliphatic carbocycles. The van der Waals surface area contributed by atoms with Crippen LogP contribution in [0.5, 0.6) is 5.88 Å². The van der Waals surface area contributed by atoms with Crippen LogP contribution in [0.3, 0.4) is 0 Å². The van der Waals surface area contributed by atoms with Gasteiger partial charge in [-0.15, -0.1) is 0 Å². The van der Waals surface area contributed by atoms with Gasteiger partial charge in [0.2, 0.25) is 5.88 Å². The van der Waals surface area contributed by atoms with E-state index in [4.69, 9.17) is 21.4 Å². The number of aromatic nitrogens is 1. The molecular formula is C13H18ClN3O4. The molecule has 21 heavy (non-hydrogen) atoms. The maximum Gasteiger partial charge on any atom is 0.317 e. The maximum absolute atomic E-state index is 11.8. The number of carbonyl (C=O) groups excluding carboxylic acids is 1. The van der Waals surface area contributed by atoms with E-state index in [-0.39, 0.29) is 19.1 Å². The Bertz CT molecular complexity index is 524. The molecular weight excluding hydrogens is 298 g/mol. The number of nitrogens with one attached hydrogen (secondary N) is 1. The van der Waals surface area contributed by atoms with Gasteiger partial charge < -0.3 is 20.1 Å². The average Bonchev–Trinajstić information content (AvgIpc) is 2.44. The summed E-state index contributed by atoms with van der Waals surface area (Å²) in [4.78, 5) is 27.9. The molecule has 0 fully saturated rings. The fourth-order valence-corrected chi connectivity index (χ4v) is 1.86. The van der Waals surface area contributed by atoms with Crippen molar-refractivity contribution in [2.24, 2.45) is 5.92 Å². The standard InChI is InChI=1S/C13H18ClN3O4/c1-8(12(18)19)7-17(2)13(20)16-6-9-4-10(14)11(21-3)15-5-9/h4-5,8H,6-7H2,1-3H3,(H,16,20)(H,18,19). The van der Waals surface area contributed by atoms with Gasteiger partial charge in [0.15, 0.2) is 0 Å². The second-order valence-corrected chi connectivity index (χ2v) is 5.02. The van der Waals surface area contributed by atoms with E-state index < -0.39 is 11.9 Å². The number of carboxylic acids is 1. The van der Waals surface area contributed by atoms with Crippen LogP contribution in [-0.4, -0.2) is 47.7 Å². The first-order valence-electron chi connectivity index (χ1n) is 6.25. The van der Waals surface area contributed by atoms with Crippen molar-refractivity contribution in [2.45, 2.75) is 13.5 Å². The second-order valence-electron chi connectivity index (χ2n) is 4.61. The molecule has 0 aliphatic heterocycles. The van der Waals surface area contributed by atoms with Crippen molar-refractivity contribution < 1.29 is 19.4 Å². The highest BCUT2D eigenvalue weighted by molar-refractivity contribution is 6.31. The first-order chi connectivity index (χ1) is 9.85. The van der Waals surface area contributed by atoms with Gasteiger partial charge in [-0.1, -0.05) is 18.5 Å². The summed E-state index contributed by atoms with van der Waals surface area (Å²) in [6.07, 6.45) is 1.55. The first kappa shape index (κ1) is 17.0. The zero-order valence-corrected chi connectivity index (χ0v) is 12.8. The summed E-state index contributed by atoms with van der Waals surface area (Å²) in [6, 6.07) is 1.28. The number of halogens is 1. The largest absolute Gasteiger partial charge is 0.481 e. The molecule has 2 amide bonds. The van der Waals surface area contributed by atoms with Gasteiger partial charge >= 0.3 is 12.0 Å². The predicted molar refractivity (Wildman–Crippen MR) is 77.5 cm³/mol. The van der Waals surface area contributed by atoms with Crippen LogP contribution in [0.15, 0.2) is 12.3 Å². The van der Waals surface area contributed by atoms with Gasteiger partial charge in [0.05, 0.1) is 13.0 Å². The molecule has 1 unspecified atom stereocenters. The fraction of sp³-hybridized carbons (Fsp3) is 0.462. The molecule has 0 radical (unpaired) electrons. The van der Waals surface area contributed by atoms with E-state index in [2.05, 4.69) is 10.3 Å². The lowest BCUT2D eigenvalue weighted by Gasteiger charge is -2.20. The lowest BCUT2D eigenvalue weighted by atomic mass is 10.2. The third kappa shape index (κ3) is 5.11. The Morgan fingerprint density at radius 1 is 1.57 bits per heavy atom. The summed E-state index contributed by atoms with van der Waals surface area (Å²) in [5.41, 5.74) is 0.717. The number of hydrogen-bond donors (Lipinski definition) is 2. The van der Waals surface area contributed by atoms with Crippen LogP contribution in [0, 0.1) is 5.92 Å². The van der Waals surface area contributed by atoms with Gasteiger partial charge in [-0.05, 0) is 11.6 Å². The highest BCUT2D eigenvalue weighted by atomic mass is 35.5. The lowest BCUT2D eigenvalue weighted by molar-refractivity contribution is -0.141. The summed E-state index contributed by atoms with van der Waals surface area (Å²) in [6.45, 7) is 1.91. The van der Waals surface area contributed by atoms with Crippen LogP contribution < -0.4 is 10.1 Å². The molecule has 2 N–H and O–H groups in total. The number of carboxylic acid groups (broad SMARTS) is 1. The molecule has 0 aromatic carbocycles. The number of pyridine rings is 1. The number of rotatable bonds is 6. The van der Waals surface area contributed by atoms with E-state index in [1.165, 1.54) is 19.1 Å². The highest BCUT2D eigenvalue weighted by Gasteiger charge is 2.17. The van der Waals surface area contributed by atoms with Gasteiger partial charge in [0.1, 0.15) is 5.02 Å². The number of carbonyl (C=O) groups is 2. The summed E-state index contributed by atoms with van der Waals surface area (Å²) in [7, 11) is 3.00. The van der Waals surface area contributed by atoms with Crippen LogP contribution in [0.2, 0.25) is 5.02 Å². The third-order valence-corrected chi connectivity index (χ3v) is 3.09. The minimum Gasteiger partial charge on any atom is -0.481 e. The molecule has 1 atom stereocenters. The van der Waals surface area contributed by atoms with E-state index in [9.17, 15) is 9.59 Å². The van der Waals surface area contributed by atoms with Gasteiger partial charge in [0, 0.05) is 26.3 Å². The summed E-state index contributed by atoms with van der Waals surface area (Å²) < 4.78 is 4.94. The van der Waals surface area contributed by atoms with Crippen LogP contribution in [0.4, 0.5) is 4.79 Å². The minimum absolute atomic E-state index is 0.128. The molecule has 0 saturated carbocycles. The number of aliphatic carboxylic acids is 1. The number of urea groups is 1. The van der Waals surface area contributed by atoms with Crippen molar-refractivity contribution in [3.8, 4) is 5.88 Å². The Balaban J connectivity index is 2.52. The number of ether oxygens (including phenoxy) is 1. The SMILES string of the molecule is COc1ncc(CNC(=O)N(C)CC(C)C(=O)O)cc1Cl. The zero-order valence-electron chi connectivity index (χ0n) is 12.1. The highest BCUT2D eigenvalue weighted by Crippen LogP contribution is 2.21. The van der Waals surface area contributed by atoms with E-state index in [0.29, 0.717) is 16.5 Å². The first-order valence-corrected chi connectivity index (χ1v) is 6.63. The molecule has 1 aromatic heterocycles. The zero-order chi connectivity index (χ0) is 16.0. The van der Waals surface area contributed by atoms with Gasteiger partial charge in [-0.2, -0.15) is 0 Å². The summed E-state index contributed by atoms with van der Waals surface area (Å²) in [5.74, 6) is -1.25. The topological polar surface area (TPSA) is 91.8 Å². The van der Waals surface area contributed by atoms with Crippen molar-refractivity contribution in [3.63, 3.8) is 0 Å². The third-order valence-electron chi connectivity index (χ3n) is 2.82. The van der Waals surface area contributed by atoms with Crippen molar-refractivity contribution >= 4 is 23.6 Å². The van der Waals surface area contributed by atoms with Crippen molar-refractivity contribution in [3.05, 3.63) is 22.8 Å². The van der Waals surface area contributed by atoms with Crippen LogP contribution in [-0.2, 0) is 11.3 Å². The maximum atomic E-state index is 11.8. The Kier molecular flexibility index (Phi) is 6.23. The van der Waals surface area contributed by atoms with Crippen LogP contribution in [0.25, 0.3) is 0 Å². The van der Waals surface area contributed by atoms with E-state index >= 15 is 0 Å². The van der Waals surface area contributed by atoms with E-state index in [0.717, 1.165) is 0 Å². The number of hydrogen-bond acceptors (Lipinski definition) is 4. The lowest BCUT2D eigenvalue weighted by Crippen LogP contribution is -2.40. The number of methoxy groups -OCH3 is 1. The second kappa shape index (κ2) is 7.68. The summed E-state index contributed by atoms with van der Waals surface area (Å²) >= 11 is 5.94.